The number of hydrogen-bond acceptors (Lipinski definition) is 4. The van der Waals surface area contributed by atoms with E-state index in [1.807, 2.05) is 0 Å². The van der Waals surface area contributed by atoms with Gasteiger partial charge in [-0.2, -0.15) is 4.73 Å². The first kappa shape index (κ1) is 11.1. The SMILES string of the molecule is CNCC=Cc1c[n+]([O-])ccc1[N+](=O)[O-]. The lowest BCUT2D eigenvalue weighted by molar-refractivity contribution is -0.606. The van der Waals surface area contributed by atoms with Crippen LogP contribution >= 0.6 is 0 Å². The van der Waals surface area contributed by atoms with Gasteiger partial charge in [0, 0.05) is 6.54 Å². The molecular weight excluding hydrogens is 198 g/mol. The van der Waals surface area contributed by atoms with Crippen molar-refractivity contribution in [1.82, 2.24) is 5.32 Å². The first-order valence-corrected chi connectivity index (χ1v) is 4.33. The van der Waals surface area contributed by atoms with Gasteiger partial charge in [0.2, 0.25) is 0 Å². The molecule has 0 bridgehead atoms. The average Bonchev–Trinajstić information content (AvgIpc) is 2.18. The normalized spacial score (nSPS) is 10.7. The Hall–Kier alpha value is -1.95. The van der Waals surface area contributed by atoms with Crippen molar-refractivity contribution in [3.63, 3.8) is 0 Å². The topological polar surface area (TPSA) is 82.1 Å². The van der Waals surface area contributed by atoms with E-state index in [1.54, 1.807) is 19.2 Å². The zero-order chi connectivity index (χ0) is 11.3. The van der Waals surface area contributed by atoms with Gasteiger partial charge in [0.15, 0.2) is 12.4 Å². The maximum atomic E-state index is 10.9. The fourth-order valence-electron chi connectivity index (χ4n) is 1.08. The smallest absolute Gasteiger partial charge is 0.288 e. The van der Waals surface area contributed by atoms with Gasteiger partial charge in [-0.3, -0.25) is 10.1 Å². The summed E-state index contributed by atoms with van der Waals surface area (Å²) in [5.41, 5.74) is 0.224. The highest BCUT2D eigenvalue weighted by atomic mass is 16.6. The van der Waals surface area contributed by atoms with E-state index in [2.05, 4.69) is 5.32 Å². The predicted molar refractivity (Wildman–Crippen MR) is 55.0 cm³/mol. The van der Waals surface area contributed by atoms with Crippen molar-refractivity contribution in [3.05, 3.63) is 45.4 Å². The van der Waals surface area contributed by atoms with Gasteiger partial charge in [-0.1, -0.05) is 6.08 Å². The van der Waals surface area contributed by atoms with Crippen LogP contribution in [-0.2, 0) is 0 Å². The molecule has 15 heavy (non-hydrogen) atoms. The van der Waals surface area contributed by atoms with Crippen LogP contribution in [0.2, 0.25) is 0 Å². The zero-order valence-corrected chi connectivity index (χ0v) is 8.21. The van der Waals surface area contributed by atoms with E-state index in [9.17, 15) is 15.3 Å². The number of nitro groups is 1. The number of likely N-dealkylation sites (N-methyl/N-ethyl adjacent to an activating group) is 1. The molecule has 1 heterocycles. The number of aromatic nitrogens is 1. The van der Waals surface area contributed by atoms with E-state index in [-0.39, 0.29) is 5.69 Å². The van der Waals surface area contributed by atoms with Crippen LogP contribution in [0.15, 0.2) is 24.5 Å². The van der Waals surface area contributed by atoms with Crippen molar-refractivity contribution in [3.8, 4) is 0 Å². The molecule has 0 atom stereocenters. The molecule has 0 spiro atoms. The minimum atomic E-state index is -0.515. The molecule has 0 saturated carbocycles. The molecule has 0 saturated heterocycles. The third-order valence-corrected chi connectivity index (χ3v) is 1.76. The fourth-order valence-corrected chi connectivity index (χ4v) is 1.08. The summed E-state index contributed by atoms with van der Waals surface area (Å²) in [4.78, 5) is 10.1. The van der Waals surface area contributed by atoms with Crippen molar-refractivity contribution in [2.24, 2.45) is 0 Å². The van der Waals surface area contributed by atoms with Gasteiger partial charge in [-0.15, -0.1) is 0 Å². The molecule has 0 aliphatic heterocycles. The van der Waals surface area contributed by atoms with Gasteiger partial charge < -0.3 is 10.5 Å². The molecule has 0 amide bonds. The molecule has 0 aliphatic rings. The van der Waals surface area contributed by atoms with Gasteiger partial charge in [0.1, 0.15) is 5.56 Å². The lowest BCUT2D eigenvalue weighted by Crippen LogP contribution is -2.24. The Morgan fingerprint density at radius 1 is 1.67 bits per heavy atom. The average molecular weight is 209 g/mol. The Bertz CT molecular complexity index is 390. The summed E-state index contributed by atoms with van der Waals surface area (Å²) >= 11 is 0. The van der Waals surface area contributed by atoms with Gasteiger partial charge in [-0.25, -0.2) is 0 Å². The standard InChI is InChI=1S/C9H11N3O3/c1-10-5-2-3-8-7-11(13)6-4-9(8)12(14)15/h2-4,6-7,10H,5H2,1H3. The number of nitrogens with one attached hydrogen (secondary N) is 1. The fraction of sp³-hybridized carbons (Fsp3) is 0.222. The quantitative estimate of drug-likeness (QED) is 0.338. The van der Waals surface area contributed by atoms with Crippen LogP contribution in [0.25, 0.3) is 6.08 Å². The third kappa shape index (κ3) is 3.03. The summed E-state index contributed by atoms with van der Waals surface area (Å²) in [6.45, 7) is 0.588. The Labute approximate surface area is 86.6 Å². The summed E-state index contributed by atoms with van der Waals surface area (Å²) < 4.78 is 0.534. The molecule has 6 heteroatoms. The Kier molecular flexibility index (Phi) is 3.75. The second-order valence-electron chi connectivity index (χ2n) is 2.86. The van der Waals surface area contributed by atoms with Gasteiger partial charge in [0.25, 0.3) is 5.69 Å². The van der Waals surface area contributed by atoms with E-state index in [0.29, 0.717) is 16.8 Å². The van der Waals surface area contributed by atoms with E-state index in [1.165, 1.54) is 12.3 Å². The summed E-state index contributed by atoms with van der Waals surface area (Å²) in [5, 5.41) is 24.4. The lowest BCUT2D eigenvalue weighted by atomic mass is 10.2. The molecule has 0 unspecified atom stereocenters. The van der Waals surface area contributed by atoms with Gasteiger partial charge >= 0.3 is 0 Å². The molecule has 1 N–H and O–H groups in total. The predicted octanol–water partition coefficient (Wildman–Crippen LogP) is 0.461. The minimum absolute atomic E-state index is 0.0746. The van der Waals surface area contributed by atoms with E-state index in [0.717, 1.165) is 6.20 Å². The number of rotatable bonds is 4. The molecule has 0 aliphatic carbocycles. The molecule has 1 aromatic heterocycles. The first-order valence-electron chi connectivity index (χ1n) is 4.33. The third-order valence-electron chi connectivity index (χ3n) is 1.76. The summed E-state index contributed by atoms with van der Waals surface area (Å²) in [6.07, 6.45) is 5.53. The van der Waals surface area contributed by atoms with Gasteiger partial charge in [-0.05, 0) is 13.1 Å². The van der Waals surface area contributed by atoms with Crippen LogP contribution < -0.4 is 10.0 Å². The summed E-state index contributed by atoms with van der Waals surface area (Å²) in [6, 6.07) is 1.19. The number of hydrogen-bond donors (Lipinski definition) is 1. The van der Waals surface area contributed by atoms with Crippen molar-refractivity contribution in [1.29, 1.82) is 0 Å². The van der Waals surface area contributed by atoms with Crippen LogP contribution in [0.4, 0.5) is 5.69 Å². The number of pyridine rings is 1. The largest absolute Gasteiger partial charge is 0.619 e. The second kappa shape index (κ2) is 5.06. The zero-order valence-electron chi connectivity index (χ0n) is 8.21. The highest BCUT2D eigenvalue weighted by Gasteiger charge is 2.13. The van der Waals surface area contributed by atoms with Crippen LogP contribution in [0.5, 0.6) is 0 Å². The van der Waals surface area contributed by atoms with Crippen LogP contribution in [-0.4, -0.2) is 18.5 Å². The Morgan fingerprint density at radius 3 is 3.00 bits per heavy atom. The molecule has 1 rings (SSSR count). The molecule has 6 nitrogen and oxygen atoms in total. The molecule has 80 valence electrons. The molecular formula is C9H11N3O3. The minimum Gasteiger partial charge on any atom is -0.619 e. The van der Waals surface area contributed by atoms with E-state index >= 15 is 0 Å². The van der Waals surface area contributed by atoms with Crippen molar-refractivity contribution >= 4 is 11.8 Å². The summed E-state index contributed by atoms with van der Waals surface area (Å²) in [5.74, 6) is 0. The molecule has 0 aromatic carbocycles. The number of nitrogens with zero attached hydrogens (tertiary/aromatic N) is 2. The van der Waals surface area contributed by atoms with Crippen LogP contribution in [0.1, 0.15) is 5.56 Å². The highest BCUT2D eigenvalue weighted by molar-refractivity contribution is 5.58. The Morgan fingerprint density at radius 2 is 2.40 bits per heavy atom. The van der Waals surface area contributed by atoms with Crippen LogP contribution in [0.3, 0.4) is 0 Å². The van der Waals surface area contributed by atoms with E-state index in [4.69, 9.17) is 0 Å². The van der Waals surface area contributed by atoms with Crippen molar-refractivity contribution < 1.29 is 9.65 Å². The first-order chi connectivity index (χ1) is 7.15. The van der Waals surface area contributed by atoms with Crippen molar-refractivity contribution in [2.45, 2.75) is 0 Å². The second-order valence-corrected chi connectivity index (χ2v) is 2.86. The van der Waals surface area contributed by atoms with Crippen LogP contribution in [0, 0.1) is 15.3 Å². The molecule has 1 aromatic rings. The highest BCUT2D eigenvalue weighted by Crippen LogP contribution is 2.16. The van der Waals surface area contributed by atoms with Gasteiger partial charge in [0.05, 0.1) is 11.0 Å². The summed E-state index contributed by atoms with van der Waals surface area (Å²) in [7, 11) is 1.76. The van der Waals surface area contributed by atoms with Crippen molar-refractivity contribution in [2.75, 3.05) is 13.6 Å². The maximum Gasteiger partial charge on any atom is 0.288 e. The Balaban J connectivity index is 3.02. The molecule has 0 fully saturated rings. The van der Waals surface area contributed by atoms with E-state index < -0.39 is 4.92 Å². The maximum absolute atomic E-state index is 10.9. The molecule has 0 radical (unpaired) electrons. The lowest BCUT2D eigenvalue weighted by Gasteiger charge is -1.98. The monoisotopic (exact) mass is 209 g/mol.